The molecule has 1 heterocycles. The predicted octanol–water partition coefficient (Wildman–Crippen LogP) is 1.60. The van der Waals surface area contributed by atoms with Gasteiger partial charge in [0.15, 0.2) is 0 Å². The lowest BCUT2D eigenvalue weighted by Crippen LogP contribution is -2.29. The Hall–Kier alpha value is -1.59. The van der Waals surface area contributed by atoms with Crippen molar-refractivity contribution in [2.24, 2.45) is 11.7 Å². The quantitative estimate of drug-likeness (QED) is 0.743. The highest BCUT2D eigenvalue weighted by molar-refractivity contribution is 5.92. The Morgan fingerprint density at radius 2 is 1.82 bits per heavy atom. The van der Waals surface area contributed by atoms with Crippen molar-refractivity contribution in [2.75, 3.05) is 13.1 Å². The van der Waals surface area contributed by atoms with Gasteiger partial charge in [0.2, 0.25) is 11.8 Å². The summed E-state index contributed by atoms with van der Waals surface area (Å²) in [4.78, 5) is 22.8. The van der Waals surface area contributed by atoms with Crippen LogP contribution in [0.3, 0.4) is 0 Å². The molecule has 0 bridgehead atoms. The summed E-state index contributed by atoms with van der Waals surface area (Å²) in [5.74, 6) is 0.326. The van der Waals surface area contributed by atoms with Gasteiger partial charge in [-0.05, 0) is 56.0 Å². The summed E-state index contributed by atoms with van der Waals surface area (Å²) in [6.07, 6.45) is 3.89. The van der Waals surface area contributed by atoms with E-state index in [4.69, 9.17) is 5.73 Å². The Bertz CT molecular complexity index is 485. The Balaban J connectivity index is 0.00000242. The molecule has 2 rings (SSSR count). The lowest BCUT2D eigenvalue weighted by molar-refractivity contribution is -0.121. The Kier molecular flexibility index (Phi) is 7.91. The van der Waals surface area contributed by atoms with E-state index in [1.54, 1.807) is 12.1 Å². The number of carbonyl (C=O) groups is 2. The summed E-state index contributed by atoms with van der Waals surface area (Å²) >= 11 is 0. The van der Waals surface area contributed by atoms with Gasteiger partial charge in [0.25, 0.3) is 0 Å². The van der Waals surface area contributed by atoms with Gasteiger partial charge in [0.1, 0.15) is 0 Å². The van der Waals surface area contributed by atoms with Crippen molar-refractivity contribution < 1.29 is 9.59 Å². The van der Waals surface area contributed by atoms with Crippen molar-refractivity contribution in [1.82, 2.24) is 10.6 Å². The van der Waals surface area contributed by atoms with Crippen molar-refractivity contribution in [3.63, 3.8) is 0 Å². The molecule has 1 aromatic rings. The number of hydrogen-bond donors (Lipinski definition) is 3. The number of nitrogens with one attached hydrogen (secondary N) is 2. The van der Waals surface area contributed by atoms with Crippen LogP contribution in [0.25, 0.3) is 0 Å². The van der Waals surface area contributed by atoms with E-state index < -0.39 is 5.91 Å². The average Bonchev–Trinajstić information content (AvgIpc) is 2.52. The first kappa shape index (κ1) is 18.5. The van der Waals surface area contributed by atoms with Crippen molar-refractivity contribution in [2.45, 2.75) is 32.2 Å². The van der Waals surface area contributed by atoms with Crippen LogP contribution in [0.2, 0.25) is 0 Å². The summed E-state index contributed by atoms with van der Waals surface area (Å²) in [5.41, 5.74) is 6.63. The number of benzene rings is 1. The van der Waals surface area contributed by atoms with Crippen molar-refractivity contribution in [3.05, 3.63) is 35.4 Å². The summed E-state index contributed by atoms with van der Waals surface area (Å²) in [5, 5.41) is 6.24. The van der Waals surface area contributed by atoms with E-state index in [1.807, 2.05) is 12.1 Å². The second-order valence-corrected chi connectivity index (χ2v) is 5.57. The van der Waals surface area contributed by atoms with Crippen LogP contribution in [-0.2, 0) is 11.3 Å². The highest BCUT2D eigenvalue weighted by Crippen LogP contribution is 2.17. The van der Waals surface area contributed by atoms with E-state index >= 15 is 0 Å². The molecule has 1 aliphatic rings. The van der Waals surface area contributed by atoms with Crippen molar-refractivity contribution in [3.8, 4) is 0 Å². The molecule has 0 spiro atoms. The Morgan fingerprint density at radius 3 is 2.41 bits per heavy atom. The van der Waals surface area contributed by atoms with Crippen LogP contribution in [0.4, 0.5) is 0 Å². The first-order chi connectivity index (χ1) is 10.1. The topological polar surface area (TPSA) is 84.2 Å². The van der Waals surface area contributed by atoms with Gasteiger partial charge in [0, 0.05) is 18.5 Å². The molecule has 1 aliphatic heterocycles. The van der Waals surface area contributed by atoms with Crippen molar-refractivity contribution >= 4 is 24.2 Å². The molecule has 5 nitrogen and oxygen atoms in total. The molecule has 0 saturated carbocycles. The summed E-state index contributed by atoms with van der Waals surface area (Å²) < 4.78 is 0. The van der Waals surface area contributed by atoms with Gasteiger partial charge in [0.05, 0.1) is 0 Å². The molecular weight excluding hydrogens is 302 g/mol. The van der Waals surface area contributed by atoms with E-state index in [0.29, 0.717) is 24.4 Å². The fourth-order valence-electron chi connectivity index (χ4n) is 2.58. The maximum atomic E-state index is 11.8. The zero-order valence-corrected chi connectivity index (χ0v) is 13.5. The minimum Gasteiger partial charge on any atom is -0.366 e. The lowest BCUT2D eigenvalue weighted by atomic mass is 9.93. The van der Waals surface area contributed by atoms with Crippen LogP contribution in [0.5, 0.6) is 0 Å². The number of primary amides is 1. The van der Waals surface area contributed by atoms with E-state index in [-0.39, 0.29) is 18.3 Å². The van der Waals surface area contributed by atoms with Crippen LogP contribution in [0.1, 0.15) is 41.6 Å². The molecule has 2 amide bonds. The van der Waals surface area contributed by atoms with E-state index in [9.17, 15) is 9.59 Å². The SMILES string of the molecule is Cl.NC(=O)c1ccc(CNC(=O)CCC2CCNCC2)cc1. The van der Waals surface area contributed by atoms with Gasteiger partial charge in [-0.3, -0.25) is 9.59 Å². The van der Waals surface area contributed by atoms with Crippen LogP contribution < -0.4 is 16.4 Å². The first-order valence-corrected chi connectivity index (χ1v) is 7.51. The van der Waals surface area contributed by atoms with E-state index in [1.165, 1.54) is 12.8 Å². The number of rotatable bonds is 6. The number of piperidine rings is 1. The molecule has 0 aromatic heterocycles. The van der Waals surface area contributed by atoms with Crippen molar-refractivity contribution in [1.29, 1.82) is 0 Å². The van der Waals surface area contributed by atoms with Gasteiger partial charge in [-0.25, -0.2) is 0 Å². The zero-order chi connectivity index (χ0) is 15.1. The number of nitrogens with two attached hydrogens (primary N) is 1. The molecule has 122 valence electrons. The standard InChI is InChI=1S/C16H23N3O2.ClH/c17-16(21)14-4-1-13(2-5-14)11-19-15(20)6-3-12-7-9-18-10-8-12;/h1-2,4-5,12,18H,3,6-11H2,(H2,17,21)(H,19,20);1H. The summed E-state index contributed by atoms with van der Waals surface area (Å²) in [7, 11) is 0. The summed E-state index contributed by atoms with van der Waals surface area (Å²) in [6.45, 7) is 2.63. The third-order valence-electron chi connectivity index (χ3n) is 3.97. The second kappa shape index (κ2) is 9.43. The highest BCUT2D eigenvalue weighted by Gasteiger charge is 2.14. The molecule has 1 fully saturated rings. The molecule has 0 atom stereocenters. The van der Waals surface area contributed by atoms with Crippen LogP contribution in [-0.4, -0.2) is 24.9 Å². The third kappa shape index (κ3) is 6.03. The molecule has 4 N–H and O–H groups in total. The van der Waals surface area contributed by atoms with Gasteiger partial charge < -0.3 is 16.4 Å². The second-order valence-electron chi connectivity index (χ2n) is 5.57. The van der Waals surface area contributed by atoms with Gasteiger partial charge in [-0.2, -0.15) is 0 Å². The normalized spacial score (nSPS) is 14.9. The lowest BCUT2D eigenvalue weighted by Gasteiger charge is -2.22. The molecule has 22 heavy (non-hydrogen) atoms. The molecule has 6 heteroatoms. The highest BCUT2D eigenvalue weighted by atomic mass is 35.5. The first-order valence-electron chi connectivity index (χ1n) is 7.51. The molecule has 0 unspecified atom stereocenters. The maximum Gasteiger partial charge on any atom is 0.248 e. The molecule has 0 aliphatic carbocycles. The molecule has 0 radical (unpaired) electrons. The average molecular weight is 326 g/mol. The van der Waals surface area contributed by atoms with Crippen LogP contribution in [0, 0.1) is 5.92 Å². The van der Waals surface area contributed by atoms with E-state index in [0.717, 1.165) is 25.1 Å². The molecule has 1 aromatic carbocycles. The smallest absolute Gasteiger partial charge is 0.248 e. The van der Waals surface area contributed by atoms with Crippen LogP contribution >= 0.6 is 12.4 Å². The monoisotopic (exact) mass is 325 g/mol. The van der Waals surface area contributed by atoms with Gasteiger partial charge >= 0.3 is 0 Å². The predicted molar refractivity (Wildman–Crippen MR) is 88.9 cm³/mol. The maximum absolute atomic E-state index is 11.8. The Labute approximate surface area is 137 Å². The Morgan fingerprint density at radius 1 is 1.18 bits per heavy atom. The molecular formula is C16H24ClN3O2. The largest absolute Gasteiger partial charge is 0.366 e. The number of hydrogen-bond acceptors (Lipinski definition) is 3. The zero-order valence-electron chi connectivity index (χ0n) is 12.6. The number of amides is 2. The summed E-state index contributed by atoms with van der Waals surface area (Å²) in [6, 6.07) is 6.98. The van der Waals surface area contributed by atoms with Gasteiger partial charge in [-0.1, -0.05) is 12.1 Å². The fraction of sp³-hybridized carbons (Fsp3) is 0.500. The minimum atomic E-state index is -0.437. The minimum absolute atomic E-state index is 0. The molecule has 1 saturated heterocycles. The number of carbonyl (C=O) groups excluding carboxylic acids is 2. The number of halogens is 1. The fourth-order valence-corrected chi connectivity index (χ4v) is 2.58. The van der Waals surface area contributed by atoms with Gasteiger partial charge in [-0.15, -0.1) is 12.4 Å². The van der Waals surface area contributed by atoms with E-state index in [2.05, 4.69) is 10.6 Å². The van der Waals surface area contributed by atoms with Crippen LogP contribution in [0.15, 0.2) is 24.3 Å². The third-order valence-corrected chi connectivity index (χ3v) is 3.97.